The van der Waals surface area contributed by atoms with E-state index in [0.29, 0.717) is 35.9 Å². The highest BCUT2D eigenvalue weighted by atomic mass is 16.8. The topological polar surface area (TPSA) is 141 Å². The van der Waals surface area contributed by atoms with Crippen LogP contribution in [0.15, 0.2) is 16.9 Å². The number of hydrogen-bond donors (Lipinski definition) is 2. The van der Waals surface area contributed by atoms with Crippen molar-refractivity contribution < 1.29 is 5.21 Å². The molecule has 10 nitrogen and oxygen atoms in total. The highest BCUT2D eigenvalue weighted by Crippen LogP contribution is 2.31. The summed E-state index contributed by atoms with van der Waals surface area (Å²) >= 11 is 0. The second-order valence-electron chi connectivity index (χ2n) is 5.40. The predicted octanol–water partition coefficient (Wildman–Crippen LogP) is 1.46. The molecule has 0 aromatic heterocycles. The number of hydroxylamine groups is 5. The maximum atomic E-state index is 11.7. The van der Waals surface area contributed by atoms with Crippen LogP contribution in [0.2, 0.25) is 0 Å². The fourth-order valence-corrected chi connectivity index (χ4v) is 2.94. The summed E-state index contributed by atoms with van der Waals surface area (Å²) in [7, 11) is 1.32. The Kier molecular flexibility index (Phi) is 7.82. The Balaban J connectivity index is 2.71. The average Bonchev–Trinajstić information content (AvgIpc) is 2.46. The highest BCUT2D eigenvalue weighted by molar-refractivity contribution is 5.15. The summed E-state index contributed by atoms with van der Waals surface area (Å²) in [5, 5.41) is 46.1. The first kappa shape index (κ1) is 18.9. The Bertz CT molecular complexity index is 379. The Morgan fingerprint density at radius 2 is 2.18 bits per heavy atom. The van der Waals surface area contributed by atoms with Crippen LogP contribution in [0, 0.1) is 26.4 Å². The summed E-state index contributed by atoms with van der Waals surface area (Å²) in [6.45, 7) is 1.54. The van der Waals surface area contributed by atoms with Gasteiger partial charge in [0.2, 0.25) is 0 Å². The van der Waals surface area contributed by atoms with E-state index in [0.717, 1.165) is 5.57 Å². The minimum atomic E-state index is -0.613. The van der Waals surface area contributed by atoms with Crippen LogP contribution in [-0.2, 0) is 0 Å². The van der Waals surface area contributed by atoms with Crippen molar-refractivity contribution in [3.63, 3.8) is 0 Å². The largest absolute Gasteiger partial charge is 0.785 e. The van der Waals surface area contributed by atoms with E-state index in [1.165, 1.54) is 7.05 Å². The summed E-state index contributed by atoms with van der Waals surface area (Å²) in [4.78, 5) is 10.1. The van der Waals surface area contributed by atoms with Gasteiger partial charge in [0.25, 0.3) is 0 Å². The van der Waals surface area contributed by atoms with Gasteiger partial charge in [-0.1, -0.05) is 18.6 Å². The molecule has 0 aliphatic heterocycles. The highest BCUT2D eigenvalue weighted by Gasteiger charge is 2.26. The van der Waals surface area contributed by atoms with Crippen LogP contribution in [0.4, 0.5) is 0 Å². The van der Waals surface area contributed by atoms with Crippen molar-refractivity contribution in [2.75, 3.05) is 13.6 Å². The van der Waals surface area contributed by atoms with Gasteiger partial charge in [-0.15, -0.1) is 4.91 Å². The molecule has 1 rings (SSSR count). The van der Waals surface area contributed by atoms with E-state index in [4.69, 9.17) is 5.21 Å². The van der Waals surface area contributed by atoms with E-state index in [2.05, 4.69) is 5.29 Å². The maximum absolute atomic E-state index is 11.7. The SMILES string of the molecule is CCC(C1=CCC(C(CN([O-])O)N(C)[O-])CC1)N([O-])NN=O. The molecule has 0 amide bonds. The van der Waals surface area contributed by atoms with Gasteiger partial charge in [0, 0.05) is 18.6 Å². The van der Waals surface area contributed by atoms with Crippen LogP contribution in [0.1, 0.15) is 32.6 Å². The summed E-state index contributed by atoms with van der Waals surface area (Å²) in [5.41, 5.74) is 2.71. The zero-order chi connectivity index (χ0) is 16.7. The van der Waals surface area contributed by atoms with Gasteiger partial charge < -0.3 is 25.9 Å². The number of hydrogen-bond acceptors (Lipinski definition) is 9. The third-order valence-electron chi connectivity index (χ3n) is 4.08. The zero-order valence-corrected chi connectivity index (χ0v) is 12.7. The van der Waals surface area contributed by atoms with Crippen molar-refractivity contribution >= 4 is 0 Å². The Hall–Kier alpha value is -1.14. The number of nitrogens with zero attached hydrogens (tertiary/aromatic N) is 4. The third-order valence-corrected chi connectivity index (χ3v) is 4.08. The van der Waals surface area contributed by atoms with E-state index in [-0.39, 0.29) is 17.7 Å². The first-order chi connectivity index (χ1) is 10.4. The van der Waals surface area contributed by atoms with Crippen molar-refractivity contribution in [3.8, 4) is 0 Å². The van der Waals surface area contributed by atoms with Gasteiger partial charge >= 0.3 is 0 Å². The van der Waals surface area contributed by atoms with Crippen LogP contribution in [0.3, 0.4) is 0 Å². The monoisotopic (exact) mass is 316 g/mol. The van der Waals surface area contributed by atoms with Gasteiger partial charge in [-0.25, -0.2) is 5.53 Å². The molecule has 0 fully saturated rings. The Morgan fingerprint density at radius 1 is 1.50 bits per heavy atom. The van der Waals surface area contributed by atoms with E-state index >= 15 is 0 Å². The quantitative estimate of drug-likeness (QED) is 0.367. The van der Waals surface area contributed by atoms with Gasteiger partial charge in [0.05, 0.1) is 5.29 Å². The molecule has 0 aromatic rings. The number of nitroso groups, excluding NO2 is 1. The molecule has 2 N–H and O–H groups in total. The minimum Gasteiger partial charge on any atom is -0.785 e. The molecular weight excluding hydrogens is 294 g/mol. The third kappa shape index (κ3) is 5.25. The number of likely N-dealkylation sites (N-methyl/N-ethyl adjacent to an activating group) is 1. The van der Waals surface area contributed by atoms with E-state index in [1.54, 1.807) is 0 Å². The van der Waals surface area contributed by atoms with Crippen molar-refractivity contribution in [3.05, 3.63) is 32.2 Å². The van der Waals surface area contributed by atoms with E-state index in [1.807, 2.05) is 18.5 Å². The molecule has 3 unspecified atom stereocenters. The number of rotatable bonds is 9. The molecule has 0 saturated carbocycles. The smallest absolute Gasteiger partial charge is 0.0649 e. The molecule has 0 heterocycles. The molecule has 3 atom stereocenters. The second-order valence-corrected chi connectivity index (χ2v) is 5.40. The Labute approximate surface area is 129 Å². The minimum absolute atomic E-state index is 0.0791. The number of hydrazine groups is 1. The normalized spacial score (nSPS) is 21.9. The first-order valence-corrected chi connectivity index (χ1v) is 7.17. The van der Waals surface area contributed by atoms with Gasteiger partial charge in [-0.3, -0.25) is 10.4 Å². The lowest BCUT2D eigenvalue weighted by atomic mass is 9.82. The summed E-state index contributed by atoms with van der Waals surface area (Å²) in [6, 6.07) is -1.10. The molecule has 0 spiro atoms. The summed E-state index contributed by atoms with van der Waals surface area (Å²) < 4.78 is 0. The standard InChI is InChI=1S/C12H22N5O5/c1-3-11(17(22)13-14-18)9-4-6-10(7-5-9)12(15(2)19)8-16(20)21/h4,10-12,20H,3,5-8H2,1-2H3,(H,13,18)/q-3. The fraction of sp³-hybridized carbons (Fsp3) is 0.833. The molecule has 22 heavy (non-hydrogen) atoms. The van der Waals surface area contributed by atoms with E-state index in [9.17, 15) is 20.5 Å². The second kappa shape index (κ2) is 9.10. The van der Waals surface area contributed by atoms with E-state index < -0.39 is 12.1 Å². The van der Waals surface area contributed by atoms with Gasteiger partial charge in [-0.05, 0) is 38.6 Å². The molecule has 1 aliphatic carbocycles. The van der Waals surface area contributed by atoms with Gasteiger partial charge in [0.1, 0.15) is 0 Å². The summed E-state index contributed by atoms with van der Waals surface area (Å²) in [5.74, 6) is -0.0791. The molecule has 0 saturated heterocycles. The first-order valence-electron chi connectivity index (χ1n) is 7.17. The maximum Gasteiger partial charge on any atom is 0.0649 e. The number of allylic oxidation sites excluding steroid dienone is 1. The Morgan fingerprint density at radius 3 is 2.59 bits per heavy atom. The molecular formula is C12H22N5O5-3. The molecule has 1 aliphatic rings. The molecule has 0 bridgehead atoms. The fourth-order valence-electron chi connectivity index (χ4n) is 2.94. The lowest BCUT2D eigenvalue weighted by molar-refractivity contribution is -0.0614. The van der Waals surface area contributed by atoms with Crippen LogP contribution in [0.25, 0.3) is 0 Å². The molecule has 0 radical (unpaired) electrons. The lowest BCUT2D eigenvalue weighted by Gasteiger charge is -2.44. The molecule has 10 heteroatoms. The van der Waals surface area contributed by atoms with Crippen molar-refractivity contribution in [2.24, 2.45) is 11.2 Å². The average molecular weight is 316 g/mol. The van der Waals surface area contributed by atoms with Crippen molar-refractivity contribution in [2.45, 2.75) is 44.7 Å². The summed E-state index contributed by atoms with van der Waals surface area (Å²) in [6.07, 6.45) is 4.10. The van der Waals surface area contributed by atoms with Crippen molar-refractivity contribution in [1.29, 1.82) is 0 Å². The number of nitrogens with one attached hydrogen (secondary N) is 1. The van der Waals surface area contributed by atoms with Crippen LogP contribution >= 0.6 is 0 Å². The van der Waals surface area contributed by atoms with Crippen LogP contribution < -0.4 is 5.53 Å². The van der Waals surface area contributed by atoms with Gasteiger partial charge in [0.15, 0.2) is 0 Å². The lowest BCUT2D eigenvalue weighted by Crippen LogP contribution is -2.43. The molecule has 128 valence electrons. The van der Waals surface area contributed by atoms with Crippen LogP contribution in [0.5, 0.6) is 0 Å². The van der Waals surface area contributed by atoms with Gasteiger partial charge in [-0.2, -0.15) is 0 Å². The van der Waals surface area contributed by atoms with Crippen molar-refractivity contribution in [1.82, 2.24) is 21.0 Å². The zero-order valence-electron chi connectivity index (χ0n) is 12.7. The molecule has 0 aromatic carbocycles. The predicted molar refractivity (Wildman–Crippen MR) is 80.4 cm³/mol. The van der Waals surface area contributed by atoms with Crippen LogP contribution in [-0.4, -0.2) is 46.3 Å².